The van der Waals surface area contributed by atoms with Crippen LogP contribution < -0.4 is 10.2 Å². The Morgan fingerprint density at radius 2 is 1.11 bits per heavy atom. The molecule has 0 fully saturated rings. The van der Waals surface area contributed by atoms with E-state index in [1.54, 1.807) is 6.07 Å². The van der Waals surface area contributed by atoms with E-state index >= 15 is 0 Å². The molecular weight excluding hydrogens is 746 g/mol. The summed E-state index contributed by atoms with van der Waals surface area (Å²) in [6, 6.07) is 66.8. The summed E-state index contributed by atoms with van der Waals surface area (Å²) in [7, 11) is 0. The van der Waals surface area contributed by atoms with E-state index in [0.29, 0.717) is 5.71 Å². The smallest absolute Gasteiger partial charge is 0.123 e. The minimum atomic E-state index is -0.314. The van der Waals surface area contributed by atoms with Crippen LogP contribution in [0, 0.1) is 11.2 Å². The predicted molar refractivity (Wildman–Crippen MR) is 253 cm³/mol. The molecule has 0 bridgehead atoms. The number of nitrogens with zero attached hydrogens (tertiary/aromatic N) is 1. The number of halogens is 1. The molecule has 0 saturated carbocycles. The molecule has 0 amide bonds. The number of rotatable bonds is 8. The molecule has 8 aromatic carbocycles. The molecular formula is C57H44FN3. The van der Waals surface area contributed by atoms with Crippen LogP contribution in [-0.2, 0) is 5.41 Å². The zero-order chi connectivity index (χ0) is 41.7. The van der Waals surface area contributed by atoms with Gasteiger partial charge in [-0.1, -0.05) is 153 Å². The lowest BCUT2D eigenvalue weighted by Gasteiger charge is -2.28. The Labute approximate surface area is 357 Å². The van der Waals surface area contributed by atoms with Gasteiger partial charge in [0.25, 0.3) is 0 Å². The van der Waals surface area contributed by atoms with Gasteiger partial charge in [0.2, 0.25) is 0 Å². The highest BCUT2D eigenvalue weighted by molar-refractivity contribution is 6.16. The van der Waals surface area contributed by atoms with Crippen molar-refractivity contribution in [1.29, 1.82) is 5.41 Å². The standard InChI is InChI=1S/C57H44FN3/c1-37(56-51-35-45(58)27-24-43(51)34-54(60-56)40-16-8-5-9-17-40)55(59)44-20-12-18-41(32-44)42-19-13-21-47(33-42)61(46-28-25-39(26-29-46)38-14-6-4-7-15-38)48-30-31-50-49-22-10-11-23-52(49)57(2,3)53(50)36-48/h4-36,59-60H,1-3H3/b56-37-,59-55?. The van der Waals surface area contributed by atoms with Gasteiger partial charge in [0.05, 0.1) is 11.4 Å². The first kappa shape index (κ1) is 37.7. The van der Waals surface area contributed by atoms with E-state index in [-0.39, 0.29) is 11.2 Å². The van der Waals surface area contributed by atoms with E-state index in [2.05, 4.69) is 151 Å². The van der Waals surface area contributed by atoms with Crippen LogP contribution in [0.4, 0.5) is 21.5 Å². The molecule has 0 spiro atoms. The molecule has 0 atom stereocenters. The second-order valence-corrected chi connectivity index (χ2v) is 16.4. The quantitative estimate of drug-likeness (QED) is 0.151. The van der Waals surface area contributed by atoms with Crippen LogP contribution in [0.3, 0.4) is 0 Å². The van der Waals surface area contributed by atoms with Crippen molar-refractivity contribution in [3.8, 4) is 33.4 Å². The van der Waals surface area contributed by atoms with Crippen molar-refractivity contribution in [2.75, 3.05) is 4.90 Å². The number of allylic oxidation sites excluding steroid dienone is 1. The SMILES string of the molecule is C/C(C(=N)c1cccc(-c2cccc(N(c3ccc(-c4ccccc4)cc3)c3ccc4c(c3)C(C)(C)c3ccccc3-4)c2)c1)=C1/NC(c2ccccc2)=Cc2ccc(F)cc21. The summed E-state index contributed by atoms with van der Waals surface area (Å²) in [5, 5.41) is 13.1. The van der Waals surface area contributed by atoms with Gasteiger partial charge < -0.3 is 10.2 Å². The number of hydrogen-bond acceptors (Lipinski definition) is 3. The summed E-state index contributed by atoms with van der Waals surface area (Å²) >= 11 is 0. The molecule has 0 unspecified atom stereocenters. The van der Waals surface area contributed by atoms with Crippen molar-refractivity contribution >= 4 is 40.2 Å². The van der Waals surface area contributed by atoms with E-state index in [1.165, 1.54) is 33.9 Å². The Hall–Kier alpha value is -7.56. The van der Waals surface area contributed by atoms with E-state index in [1.807, 2.05) is 67.6 Å². The molecule has 61 heavy (non-hydrogen) atoms. The fraction of sp³-hybridized carbons (Fsp3) is 0.0702. The molecule has 1 aliphatic heterocycles. The zero-order valence-corrected chi connectivity index (χ0v) is 34.4. The van der Waals surface area contributed by atoms with Crippen molar-refractivity contribution in [3.05, 3.63) is 239 Å². The normalized spacial score (nSPS) is 14.2. The van der Waals surface area contributed by atoms with Crippen molar-refractivity contribution in [1.82, 2.24) is 5.32 Å². The van der Waals surface area contributed by atoms with Crippen LogP contribution in [-0.4, -0.2) is 5.71 Å². The molecule has 3 nitrogen and oxygen atoms in total. The minimum Gasteiger partial charge on any atom is -0.354 e. The summed E-state index contributed by atoms with van der Waals surface area (Å²) in [6.07, 6.45) is 2.04. The lowest BCUT2D eigenvalue weighted by atomic mass is 9.82. The summed E-state index contributed by atoms with van der Waals surface area (Å²) in [6.45, 7) is 6.59. The van der Waals surface area contributed by atoms with Crippen LogP contribution in [0.5, 0.6) is 0 Å². The molecule has 0 radical (unpaired) electrons. The summed E-state index contributed by atoms with van der Waals surface area (Å²) < 4.78 is 14.7. The summed E-state index contributed by atoms with van der Waals surface area (Å²) in [5.41, 5.74) is 18.8. The monoisotopic (exact) mass is 789 g/mol. The fourth-order valence-electron chi connectivity index (χ4n) is 9.07. The minimum absolute atomic E-state index is 0.145. The van der Waals surface area contributed by atoms with Crippen molar-refractivity contribution in [2.45, 2.75) is 26.2 Å². The van der Waals surface area contributed by atoms with E-state index in [9.17, 15) is 9.80 Å². The van der Waals surface area contributed by atoms with E-state index in [4.69, 9.17) is 0 Å². The van der Waals surface area contributed by atoms with Gasteiger partial charge in [-0.2, -0.15) is 0 Å². The predicted octanol–water partition coefficient (Wildman–Crippen LogP) is 14.8. The van der Waals surface area contributed by atoms with Crippen LogP contribution in [0.25, 0.3) is 50.9 Å². The first-order chi connectivity index (χ1) is 29.7. The molecule has 8 aromatic rings. The molecule has 4 heteroatoms. The van der Waals surface area contributed by atoms with Gasteiger partial charge in [0, 0.05) is 39.3 Å². The molecule has 1 heterocycles. The maximum Gasteiger partial charge on any atom is 0.123 e. The zero-order valence-electron chi connectivity index (χ0n) is 34.4. The maximum absolute atomic E-state index is 14.7. The van der Waals surface area contributed by atoms with Gasteiger partial charge in [-0.05, 0) is 129 Å². The molecule has 0 aromatic heterocycles. The van der Waals surface area contributed by atoms with Gasteiger partial charge in [-0.15, -0.1) is 0 Å². The second kappa shape index (κ2) is 15.2. The highest BCUT2D eigenvalue weighted by Crippen LogP contribution is 2.51. The fourth-order valence-corrected chi connectivity index (χ4v) is 9.07. The lowest BCUT2D eigenvalue weighted by molar-refractivity contribution is 0.627. The molecule has 0 saturated heterocycles. The number of benzene rings is 8. The Bertz CT molecular complexity index is 3050. The number of fused-ring (bicyclic) bond motifs is 4. The first-order valence-corrected chi connectivity index (χ1v) is 20.8. The average molecular weight is 790 g/mol. The lowest BCUT2D eigenvalue weighted by Crippen LogP contribution is -2.20. The van der Waals surface area contributed by atoms with Crippen molar-refractivity contribution < 1.29 is 4.39 Å². The third-order valence-electron chi connectivity index (χ3n) is 12.3. The molecule has 1 aliphatic carbocycles. The highest BCUT2D eigenvalue weighted by Gasteiger charge is 2.35. The largest absolute Gasteiger partial charge is 0.354 e. The second-order valence-electron chi connectivity index (χ2n) is 16.4. The molecule has 294 valence electrons. The van der Waals surface area contributed by atoms with Gasteiger partial charge in [-0.3, -0.25) is 5.41 Å². The Balaban J connectivity index is 1.03. The van der Waals surface area contributed by atoms with E-state index < -0.39 is 0 Å². The molecule has 2 aliphatic rings. The maximum atomic E-state index is 14.7. The highest BCUT2D eigenvalue weighted by atomic mass is 19.1. The topological polar surface area (TPSA) is 39.1 Å². The Morgan fingerprint density at radius 3 is 1.89 bits per heavy atom. The van der Waals surface area contributed by atoms with E-state index in [0.717, 1.165) is 73.0 Å². The third-order valence-corrected chi connectivity index (χ3v) is 12.3. The first-order valence-electron chi connectivity index (χ1n) is 20.8. The average Bonchev–Trinajstić information content (AvgIpc) is 3.54. The van der Waals surface area contributed by atoms with Gasteiger partial charge in [0.15, 0.2) is 0 Å². The number of nitrogens with one attached hydrogen (secondary N) is 2. The molecule has 10 rings (SSSR count). The van der Waals surface area contributed by atoms with Crippen molar-refractivity contribution in [2.24, 2.45) is 0 Å². The van der Waals surface area contributed by atoms with Gasteiger partial charge in [-0.25, -0.2) is 4.39 Å². The van der Waals surface area contributed by atoms with Gasteiger partial charge >= 0.3 is 0 Å². The van der Waals surface area contributed by atoms with Gasteiger partial charge in [0.1, 0.15) is 5.82 Å². The third kappa shape index (κ3) is 6.86. The van der Waals surface area contributed by atoms with Crippen LogP contribution in [0.1, 0.15) is 54.2 Å². The Kier molecular flexibility index (Phi) is 9.41. The van der Waals surface area contributed by atoms with Crippen LogP contribution in [0.15, 0.2) is 200 Å². The number of anilines is 3. The van der Waals surface area contributed by atoms with Crippen molar-refractivity contribution in [3.63, 3.8) is 0 Å². The molecule has 2 N–H and O–H groups in total. The van der Waals surface area contributed by atoms with Crippen LogP contribution >= 0.6 is 0 Å². The summed E-state index contributed by atoms with van der Waals surface area (Å²) in [5.74, 6) is -0.314. The number of hydrogen-bond donors (Lipinski definition) is 2. The summed E-state index contributed by atoms with van der Waals surface area (Å²) in [4.78, 5) is 2.35. The van der Waals surface area contributed by atoms with Crippen LogP contribution in [0.2, 0.25) is 0 Å². The Morgan fingerprint density at radius 1 is 0.508 bits per heavy atom.